The lowest BCUT2D eigenvalue weighted by atomic mass is 9.77. The molecule has 2 bridgehead atoms. The smallest absolute Gasteiger partial charge is 0.481 e. The minimum atomic E-state index is -0.752. The van der Waals surface area contributed by atoms with Gasteiger partial charge in [-0.3, -0.25) is 4.79 Å². The SMILES string of the molecule is CC/C=C\C[C@H](O)/C=C/[C@@H]1[C@@H](C/C=C\CCCC(=O)O)[C@@H]2C[C@H]1OB(c1ccccc1)O2. The fourth-order valence-corrected chi connectivity index (χ4v) is 4.56. The van der Waals surface area contributed by atoms with Crippen LogP contribution in [0.5, 0.6) is 0 Å². The van der Waals surface area contributed by atoms with Crippen LogP contribution in [0, 0.1) is 11.8 Å². The molecule has 1 aliphatic carbocycles. The van der Waals surface area contributed by atoms with Crippen molar-refractivity contribution in [2.24, 2.45) is 11.8 Å². The number of carbonyl (C=O) groups is 1. The van der Waals surface area contributed by atoms with Crippen molar-refractivity contribution < 1.29 is 24.3 Å². The number of aliphatic hydroxyl groups is 1. The first kappa shape index (κ1) is 24.5. The van der Waals surface area contributed by atoms with Gasteiger partial charge in [0.05, 0.1) is 12.2 Å². The highest BCUT2D eigenvalue weighted by atomic mass is 16.6. The van der Waals surface area contributed by atoms with E-state index in [0.717, 1.165) is 31.1 Å². The van der Waals surface area contributed by atoms with Crippen LogP contribution in [-0.4, -0.2) is 41.6 Å². The number of unbranched alkanes of at least 4 members (excludes halogenated alkanes) is 1. The third-order valence-corrected chi connectivity index (χ3v) is 6.21. The van der Waals surface area contributed by atoms with Crippen molar-refractivity contribution in [3.63, 3.8) is 0 Å². The van der Waals surface area contributed by atoms with E-state index in [1.807, 2.05) is 42.5 Å². The summed E-state index contributed by atoms with van der Waals surface area (Å²) < 4.78 is 12.7. The summed E-state index contributed by atoms with van der Waals surface area (Å²) in [5.74, 6) is -0.320. The molecule has 5 atom stereocenters. The van der Waals surface area contributed by atoms with E-state index >= 15 is 0 Å². The number of aliphatic carboxylic acids is 1. The number of aliphatic hydroxyl groups excluding tert-OH is 1. The van der Waals surface area contributed by atoms with Crippen LogP contribution in [-0.2, 0) is 14.1 Å². The van der Waals surface area contributed by atoms with Gasteiger partial charge in [0.2, 0.25) is 0 Å². The normalized spacial score (nSPS) is 26.5. The fraction of sp³-hybridized carbons (Fsp3) is 0.500. The van der Waals surface area contributed by atoms with E-state index in [4.69, 9.17) is 14.4 Å². The molecule has 2 fully saturated rings. The fourth-order valence-electron chi connectivity index (χ4n) is 4.56. The Hall–Kier alpha value is -2.15. The average molecular weight is 438 g/mol. The van der Waals surface area contributed by atoms with Crippen LogP contribution >= 0.6 is 0 Å². The van der Waals surface area contributed by atoms with Gasteiger partial charge in [-0.25, -0.2) is 0 Å². The maximum atomic E-state index is 10.7. The van der Waals surface area contributed by atoms with Gasteiger partial charge in [-0.1, -0.05) is 73.7 Å². The van der Waals surface area contributed by atoms with E-state index < -0.39 is 12.1 Å². The molecule has 1 saturated carbocycles. The van der Waals surface area contributed by atoms with Crippen molar-refractivity contribution in [3.8, 4) is 0 Å². The van der Waals surface area contributed by atoms with Crippen LogP contribution < -0.4 is 5.46 Å². The first-order valence-electron chi connectivity index (χ1n) is 11.8. The highest BCUT2D eigenvalue weighted by Gasteiger charge is 2.49. The van der Waals surface area contributed by atoms with Crippen LogP contribution in [0.15, 0.2) is 66.8 Å². The summed E-state index contributed by atoms with van der Waals surface area (Å²) in [7, 11) is -0.363. The molecule has 2 aliphatic rings. The molecular weight excluding hydrogens is 403 g/mol. The van der Waals surface area contributed by atoms with E-state index in [-0.39, 0.29) is 37.6 Å². The number of benzene rings is 1. The van der Waals surface area contributed by atoms with Crippen LogP contribution in [0.1, 0.15) is 51.9 Å². The van der Waals surface area contributed by atoms with Crippen molar-refractivity contribution in [2.75, 3.05) is 0 Å². The number of fused-ring (bicyclic) bond motifs is 2. The third kappa shape index (κ3) is 7.19. The lowest BCUT2D eigenvalue weighted by Gasteiger charge is -2.28. The zero-order valence-corrected chi connectivity index (χ0v) is 18.9. The maximum Gasteiger partial charge on any atom is 0.494 e. The minimum absolute atomic E-state index is 0.0546. The molecule has 6 heteroatoms. The summed E-state index contributed by atoms with van der Waals surface area (Å²) in [6, 6.07) is 10.0. The molecule has 0 amide bonds. The monoisotopic (exact) mass is 438 g/mol. The molecule has 0 aromatic heterocycles. The second kappa shape index (κ2) is 12.8. The molecule has 1 aromatic carbocycles. The lowest BCUT2D eigenvalue weighted by Crippen LogP contribution is -2.45. The van der Waals surface area contributed by atoms with Crippen molar-refractivity contribution in [1.82, 2.24) is 0 Å². The largest absolute Gasteiger partial charge is 0.494 e. The molecule has 1 saturated heterocycles. The van der Waals surface area contributed by atoms with Gasteiger partial charge in [-0.15, -0.1) is 0 Å². The summed E-state index contributed by atoms with van der Waals surface area (Å²) in [5.41, 5.74) is 1.03. The van der Waals surface area contributed by atoms with Crippen LogP contribution in [0.4, 0.5) is 0 Å². The molecule has 0 unspecified atom stereocenters. The van der Waals surface area contributed by atoms with Gasteiger partial charge in [-0.2, -0.15) is 0 Å². The number of allylic oxidation sites excluding steroid dienone is 3. The molecule has 1 aliphatic heterocycles. The second-order valence-corrected chi connectivity index (χ2v) is 8.63. The zero-order valence-electron chi connectivity index (χ0n) is 18.9. The first-order valence-corrected chi connectivity index (χ1v) is 11.8. The third-order valence-electron chi connectivity index (χ3n) is 6.21. The van der Waals surface area contributed by atoms with Gasteiger partial charge in [0.15, 0.2) is 0 Å². The summed E-state index contributed by atoms with van der Waals surface area (Å²) in [6.07, 6.45) is 16.9. The number of carboxylic acid groups (broad SMARTS) is 1. The van der Waals surface area contributed by atoms with Crippen molar-refractivity contribution in [3.05, 3.63) is 66.8 Å². The van der Waals surface area contributed by atoms with Crippen molar-refractivity contribution >= 4 is 18.6 Å². The average Bonchev–Trinajstić information content (AvgIpc) is 3.03. The Kier molecular flexibility index (Phi) is 9.78. The highest BCUT2D eigenvalue weighted by Crippen LogP contribution is 2.43. The molecule has 1 aromatic rings. The molecular formula is C26H35BO5. The Morgan fingerprint density at radius 2 is 1.94 bits per heavy atom. The number of hydrogen-bond acceptors (Lipinski definition) is 4. The van der Waals surface area contributed by atoms with Gasteiger partial charge in [0.25, 0.3) is 0 Å². The molecule has 3 rings (SSSR count). The molecule has 0 radical (unpaired) electrons. The van der Waals surface area contributed by atoms with Gasteiger partial charge >= 0.3 is 13.1 Å². The Bertz CT molecular complexity index is 791. The van der Waals surface area contributed by atoms with E-state index in [0.29, 0.717) is 12.8 Å². The summed E-state index contributed by atoms with van der Waals surface area (Å²) in [6.45, 7) is 2.08. The quantitative estimate of drug-likeness (QED) is 0.290. The summed E-state index contributed by atoms with van der Waals surface area (Å²) >= 11 is 0. The lowest BCUT2D eigenvalue weighted by molar-refractivity contribution is -0.137. The van der Waals surface area contributed by atoms with Gasteiger partial charge in [0.1, 0.15) is 0 Å². The highest BCUT2D eigenvalue weighted by molar-refractivity contribution is 6.61. The van der Waals surface area contributed by atoms with E-state index in [1.165, 1.54) is 0 Å². The van der Waals surface area contributed by atoms with Crippen LogP contribution in [0.3, 0.4) is 0 Å². The predicted octanol–water partition coefficient (Wildman–Crippen LogP) is 4.28. The van der Waals surface area contributed by atoms with Crippen LogP contribution in [0.25, 0.3) is 0 Å². The Morgan fingerprint density at radius 3 is 2.69 bits per heavy atom. The molecule has 0 spiro atoms. The van der Waals surface area contributed by atoms with Gasteiger partial charge < -0.3 is 19.5 Å². The van der Waals surface area contributed by atoms with Crippen molar-refractivity contribution in [2.45, 2.75) is 70.2 Å². The zero-order chi connectivity index (χ0) is 22.8. The van der Waals surface area contributed by atoms with E-state index in [9.17, 15) is 9.90 Å². The number of carboxylic acids is 1. The maximum absolute atomic E-state index is 10.7. The first-order chi connectivity index (χ1) is 15.6. The summed E-state index contributed by atoms with van der Waals surface area (Å²) in [4.78, 5) is 10.7. The second-order valence-electron chi connectivity index (χ2n) is 8.63. The summed E-state index contributed by atoms with van der Waals surface area (Å²) in [5, 5.41) is 19.1. The molecule has 5 nitrogen and oxygen atoms in total. The Balaban J connectivity index is 1.66. The van der Waals surface area contributed by atoms with E-state index in [2.05, 4.69) is 31.2 Å². The van der Waals surface area contributed by atoms with E-state index in [1.54, 1.807) is 0 Å². The topological polar surface area (TPSA) is 76.0 Å². The predicted molar refractivity (Wildman–Crippen MR) is 128 cm³/mol. The molecule has 172 valence electrons. The minimum Gasteiger partial charge on any atom is -0.481 e. The standard InChI is InChI=1S/C26H35BO5/c1-2-3-7-14-21(28)17-18-23-22(15-10-4-5-11-16-26(29)30)24-19-25(23)32-27(31-24)20-12-8-6-9-13-20/h3-4,6-10,12-13,17-18,21-25,28H,2,5,11,14-16,19H2,1H3,(H,29,30)/b7-3-,10-4-,18-17+/t21-,22+,23+,24-,25+/m0/s1. The molecule has 32 heavy (non-hydrogen) atoms. The van der Waals surface area contributed by atoms with Gasteiger partial charge in [-0.05, 0) is 49.9 Å². The molecule has 2 N–H and O–H groups in total. The number of hydrogen-bond donors (Lipinski definition) is 2. The molecule has 1 heterocycles. The van der Waals surface area contributed by atoms with Crippen molar-refractivity contribution in [1.29, 1.82) is 0 Å². The number of rotatable bonds is 12. The van der Waals surface area contributed by atoms with Crippen LogP contribution in [0.2, 0.25) is 0 Å². The Labute approximate surface area is 192 Å². The Morgan fingerprint density at radius 1 is 1.16 bits per heavy atom. The van der Waals surface area contributed by atoms with Gasteiger partial charge in [0, 0.05) is 18.4 Å².